The van der Waals surface area contributed by atoms with Crippen LogP contribution in [-0.4, -0.2) is 49.8 Å². The average Bonchev–Trinajstić information content (AvgIpc) is 3.31. The van der Waals surface area contributed by atoms with E-state index in [1.807, 2.05) is 0 Å². The number of halogens is 2. The molecule has 4 unspecified atom stereocenters. The molecular weight excluding hydrogens is 501 g/mol. The summed E-state index contributed by atoms with van der Waals surface area (Å²) in [4.78, 5) is 36.2. The maximum Gasteiger partial charge on any atom is 0.303 e. The predicted octanol–water partition coefficient (Wildman–Crippen LogP) is 2.87. The lowest BCUT2D eigenvalue weighted by molar-refractivity contribution is -0.165. The Balaban J connectivity index is 1.73. The Kier molecular flexibility index (Phi) is 6.26. The number of imidazole rings is 1. The normalized spacial score (nSPS) is 22.0. The first-order valence-electron chi connectivity index (χ1n) is 9.64. The van der Waals surface area contributed by atoms with Gasteiger partial charge in [-0.15, -0.1) is 6.42 Å². The van der Waals surface area contributed by atoms with Crippen LogP contribution in [0.5, 0.6) is 0 Å². The lowest BCUT2D eigenvalue weighted by Gasteiger charge is -2.23. The Morgan fingerprint density at radius 1 is 1.21 bits per heavy atom. The number of nitrogens with one attached hydrogen (secondary N) is 1. The van der Waals surface area contributed by atoms with Gasteiger partial charge in [-0.2, -0.15) is 0 Å². The van der Waals surface area contributed by atoms with Gasteiger partial charge in [0.25, 0.3) is 0 Å². The van der Waals surface area contributed by atoms with Crippen molar-refractivity contribution in [1.82, 2.24) is 19.5 Å². The van der Waals surface area contributed by atoms with Crippen LogP contribution in [0.2, 0.25) is 0 Å². The highest BCUT2D eigenvalue weighted by Crippen LogP contribution is 2.36. The lowest BCUT2D eigenvalue weighted by Crippen LogP contribution is -2.38. The molecule has 0 spiro atoms. The molecule has 0 amide bonds. The number of ether oxygens (including phenoxy) is 3. The SMILES string of the molecule is C#CC1OC(n2cnc3c(Nc4ccc(F)cc4Br)ncnc32)C(OC(C)=O)C1OC(C)=O. The first-order valence-corrected chi connectivity index (χ1v) is 10.4. The molecule has 1 N–H and O–H groups in total. The van der Waals surface area contributed by atoms with Crippen LogP contribution in [0, 0.1) is 18.2 Å². The van der Waals surface area contributed by atoms with E-state index in [2.05, 4.69) is 42.1 Å². The zero-order chi connectivity index (χ0) is 23.7. The molecule has 170 valence electrons. The summed E-state index contributed by atoms with van der Waals surface area (Å²) in [6.45, 7) is 2.44. The number of fused-ring (bicyclic) bond motifs is 1. The maximum absolute atomic E-state index is 13.4. The number of rotatable bonds is 5. The number of esters is 2. The topological polar surface area (TPSA) is 117 Å². The zero-order valence-electron chi connectivity index (χ0n) is 17.4. The van der Waals surface area contributed by atoms with Crippen molar-refractivity contribution in [3.8, 4) is 12.3 Å². The van der Waals surface area contributed by atoms with Gasteiger partial charge >= 0.3 is 11.9 Å². The van der Waals surface area contributed by atoms with Crippen molar-refractivity contribution >= 4 is 50.5 Å². The number of terminal acetylenes is 1. The fourth-order valence-electron chi connectivity index (χ4n) is 3.48. The summed E-state index contributed by atoms with van der Waals surface area (Å²) >= 11 is 3.30. The number of carbonyl (C=O) groups excluding carboxylic acids is 2. The molecule has 12 heteroatoms. The Hall–Kier alpha value is -3.56. The van der Waals surface area contributed by atoms with Gasteiger partial charge < -0.3 is 19.5 Å². The van der Waals surface area contributed by atoms with Crippen LogP contribution in [-0.2, 0) is 23.8 Å². The third kappa shape index (κ3) is 4.50. The second-order valence-corrected chi connectivity index (χ2v) is 7.91. The molecule has 1 fully saturated rings. The molecule has 3 heterocycles. The summed E-state index contributed by atoms with van der Waals surface area (Å²) in [5.41, 5.74) is 1.27. The van der Waals surface area contributed by atoms with Gasteiger partial charge in [0.05, 0.1) is 12.0 Å². The monoisotopic (exact) mass is 517 g/mol. The Morgan fingerprint density at radius 2 is 1.94 bits per heavy atom. The van der Waals surface area contributed by atoms with Gasteiger partial charge in [-0.05, 0) is 34.1 Å². The van der Waals surface area contributed by atoms with E-state index in [0.29, 0.717) is 27.1 Å². The summed E-state index contributed by atoms with van der Waals surface area (Å²) in [5, 5.41) is 3.08. The van der Waals surface area contributed by atoms with Crippen molar-refractivity contribution in [3.05, 3.63) is 41.1 Å². The Bertz CT molecular complexity index is 1280. The minimum atomic E-state index is -1.04. The highest BCUT2D eigenvalue weighted by molar-refractivity contribution is 9.10. The minimum absolute atomic E-state index is 0.340. The Morgan fingerprint density at radius 3 is 2.61 bits per heavy atom. The molecule has 4 atom stereocenters. The van der Waals surface area contributed by atoms with Crippen LogP contribution in [0.15, 0.2) is 35.3 Å². The number of carbonyl (C=O) groups is 2. The average molecular weight is 518 g/mol. The van der Waals surface area contributed by atoms with Crippen molar-refractivity contribution in [2.45, 2.75) is 38.4 Å². The number of aromatic nitrogens is 4. The molecule has 10 nitrogen and oxygen atoms in total. The van der Waals surface area contributed by atoms with E-state index < -0.39 is 42.3 Å². The first-order chi connectivity index (χ1) is 15.8. The smallest absolute Gasteiger partial charge is 0.303 e. The van der Waals surface area contributed by atoms with E-state index in [1.165, 1.54) is 43.2 Å². The van der Waals surface area contributed by atoms with Crippen LogP contribution in [0.25, 0.3) is 11.2 Å². The van der Waals surface area contributed by atoms with Crippen LogP contribution >= 0.6 is 15.9 Å². The summed E-state index contributed by atoms with van der Waals surface area (Å²) in [6.07, 6.45) is 4.30. The van der Waals surface area contributed by atoms with Gasteiger partial charge in [-0.1, -0.05) is 5.92 Å². The van der Waals surface area contributed by atoms with Gasteiger partial charge in [0, 0.05) is 18.3 Å². The van der Waals surface area contributed by atoms with Crippen molar-refractivity contribution in [2.75, 3.05) is 5.32 Å². The largest absolute Gasteiger partial charge is 0.455 e. The molecule has 0 radical (unpaired) electrons. The molecule has 1 aromatic carbocycles. The number of hydrogen-bond donors (Lipinski definition) is 1. The molecule has 33 heavy (non-hydrogen) atoms. The highest BCUT2D eigenvalue weighted by Gasteiger charge is 2.50. The van der Waals surface area contributed by atoms with Gasteiger partial charge in [0.2, 0.25) is 0 Å². The second kappa shape index (κ2) is 9.13. The van der Waals surface area contributed by atoms with Gasteiger partial charge in [0.15, 0.2) is 41.5 Å². The van der Waals surface area contributed by atoms with Gasteiger partial charge in [-0.25, -0.2) is 19.3 Å². The summed E-state index contributed by atoms with van der Waals surface area (Å²) in [6, 6.07) is 4.15. The van der Waals surface area contributed by atoms with E-state index >= 15 is 0 Å². The molecular formula is C21H17BrFN5O5. The van der Waals surface area contributed by atoms with Crippen LogP contribution in [0.4, 0.5) is 15.9 Å². The van der Waals surface area contributed by atoms with E-state index in [9.17, 15) is 14.0 Å². The lowest BCUT2D eigenvalue weighted by atomic mass is 10.1. The molecule has 1 aliphatic rings. The molecule has 3 aromatic rings. The van der Waals surface area contributed by atoms with E-state index in [4.69, 9.17) is 20.6 Å². The summed E-state index contributed by atoms with van der Waals surface area (Å²) < 4.78 is 32.0. The summed E-state index contributed by atoms with van der Waals surface area (Å²) in [5.74, 6) is 1.15. The van der Waals surface area contributed by atoms with Crippen LogP contribution in [0.1, 0.15) is 20.1 Å². The third-order valence-corrected chi connectivity index (χ3v) is 5.43. The van der Waals surface area contributed by atoms with E-state index in [1.54, 1.807) is 6.07 Å². The first kappa shape index (κ1) is 22.6. The fraction of sp³-hybridized carbons (Fsp3) is 0.286. The molecule has 2 aromatic heterocycles. The molecule has 0 bridgehead atoms. The van der Waals surface area contributed by atoms with E-state index in [-0.39, 0.29) is 0 Å². The quantitative estimate of drug-likeness (QED) is 0.402. The highest BCUT2D eigenvalue weighted by atomic mass is 79.9. The summed E-state index contributed by atoms with van der Waals surface area (Å²) in [7, 11) is 0. The van der Waals surface area contributed by atoms with Crippen LogP contribution < -0.4 is 5.32 Å². The number of nitrogens with zero attached hydrogens (tertiary/aromatic N) is 4. The number of benzene rings is 1. The predicted molar refractivity (Wildman–Crippen MR) is 117 cm³/mol. The molecule has 1 aliphatic heterocycles. The zero-order valence-corrected chi connectivity index (χ0v) is 18.9. The number of anilines is 2. The standard InChI is InChI=1S/C21H17BrFN5O5/c1-4-15-17(31-10(2)29)18(32-11(3)30)21(33-15)28-9-26-16-19(24-8-25-20(16)28)27-14-6-5-12(23)7-13(14)22/h1,5-9,15,17-18,21H,2-3H3,(H,24,25,27). The third-order valence-electron chi connectivity index (χ3n) is 4.77. The van der Waals surface area contributed by atoms with Gasteiger partial charge in [-0.3, -0.25) is 14.2 Å². The minimum Gasteiger partial charge on any atom is -0.455 e. The molecule has 0 aliphatic carbocycles. The van der Waals surface area contributed by atoms with Crippen molar-refractivity contribution < 1.29 is 28.2 Å². The number of hydrogen-bond acceptors (Lipinski definition) is 9. The molecule has 1 saturated heterocycles. The fourth-order valence-corrected chi connectivity index (χ4v) is 3.93. The van der Waals surface area contributed by atoms with Crippen LogP contribution in [0.3, 0.4) is 0 Å². The Labute approximate surface area is 195 Å². The van der Waals surface area contributed by atoms with Crippen molar-refractivity contribution in [1.29, 1.82) is 0 Å². The molecule has 0 saturated carbocycles. The van der Waals surface area contributed by atoms with Gasteiger partial charge in [0.1, 0.15) is 12.1 Å². The second-order valence-electron chi connectivity index (χ2n) is 7.06. The van der Waals surface area contributed by atoms with Crippen molar-refractivity contribution in [3.63, 3.8) is 0 Å². The van der Waals surface area contributed by atoms with Crippen molar-refractivity contribution in [2.24, 2.45) is 0 Å². The molecule has 4 rings (SSSR count). The maximum atomic E-state index is 13.4. The van der Waals surface area contributed by atoms with E-state index in [0.717, 1.165) is 0 Å².